The molecule has 0 amide bonds. The summed E-state index contributed by atoms with van der Waals surface area (Å²) in [6.45, 7) is 0. The Morgan fingerprint density at radius 2 is 1.86 bits per heavy atom. The topological polar surface area (TPSA) is 68.0 Å². The molecule has 3 N–H and O–H groups in total. The van der Waals surface area contributed by atoms with Gasteiger partial charge in [-0.05, 0) is 12.1 Å². The minimum absolute atomic E-state index is 0.378. The maximum absolute atomic E-state index is 12.2. The molecule has 1 aromatic carbocycles. The number of rotatable bonds is 1. The number of alkyl halides is 3. The molecular formula is C7H6F3NO3. The Morgan fingerprint density at radius 3 is 2.29 bits per heavy atom. The summed E-state index contributed by atoms with van der Waals surface area (Å²) in [7, 11) is 0. The van der Waals surface area contributed by atoms with Crippen molar-refractivity contribution < 1.29 is 28.7 Å². The molecule has 0 bridgehead atoms. The van der Waals surface area contributed by atoms with Crippen molar-refractivity contribution in [2.75, 3.05) is 0 Å². The van der Waals surface area contributed by atoms with Gasteiger partial charge < -0.3 is 10.3 Å². The van der Waals surface area contributed by atoms with E-state index in [1.807, 2.05) is 0 Å². The molecule has 1 rings (SSSR count). The average molecular weight is 209 g/mol. The van der Waals surface area contributed by atoms with Crippen molar-refractivity contribution in [3.8, 4) is 5.75 Å². The molecule has 0 aliphatic heterocycles. The van der Waals surface area contributed by atoms with E-state index in [-0.39, 0.29) is 0 Å². The van der Waals surface area contributed by atoms with Crippen LogP contribution in [0, 0.1) is 5.21 Å². The number of phenolic OH excluding ortho intramolecular Hbond substituents is 1. The lowest BCUT2D eigenvalue weighted by atomic mass is 10.1. The van der Waals surface area contributed by atoms with Crippen molar-refractivity contribution in [3.63, 3.8) is 0 Å². The Bertz CT molecular complexity index is 337. The van der Waals surface area contributed by atoms with Crippen LogP contribution in [0.5, 0.6) is 5.75 Å². The number of benzene rings is 1. The molecule has 0 saturated heterocycles. The molecule has 0 aliphatic carbocycles. The number of quaternary nitrogens is 1. The van der Waals surface area contributed by atoms with E-state index in [0.717, 1.165) is 6.07 Å². The van der Waals surface area contributed by atoms with Gasteiger partial charge in [-0.1, -0.05) is 0 Å². The largest absolute Gasteiger partial charge is 0.595 e. The Morgan fingerprint density at radius 1 is 1.29 bits per heavy atom. The standard InChI is InChI=1S/C7H6F3NO3/c8-7(9,10)5-3-4(12)1-2-6(5)11(13)14/h1-3,11-13H. The summed E-state index contributed by atoms with van der Waals surface area (Å²) >= 11 is 0. The van der Waals surface area contributed by atoms with Crippen LogP contribution in [0.1, 0.15) is 5.56 Å². The van der Waals surface area contributed by atoms with Crippen LogP contribution in [0.4, 0.5) is 18.9 Å². The van der Waals surface area contributed by atoms with Crippen LogP contribution in [-0.2, 0) is 6.18 Å². The zero-order valence-electron chi connectivity index (χ0n) is 6.67. The first kappa shape index (κ1) is 10.8. The van der Waals surface area contributed by atoms with Gasteiger partial charge in [0.1, 0.15) is 11.3 Å². The van der Waals surface area contributed by atoms with Crippen LogP contribution in [-0.4, -0.2) is 10.3 Å². The zero-order valence-corrected chi connectivity index (χ0v) is 6.67. The molecular weight excluding hydrogens is 203 g/mol. The summed E-state index contributed by atoms with van der Waals surface area (Å²) in [6, 6.07) is 1.97. The van der Waals surface area contributed by atoms with Crippen LogP contribution in [0.2, 0.25) is 0 Å². The van der Waals surface area contributed by atoms with Crippen molar-refractivity contribution in [3.05, 3.63) is 29.0 Å². The van der Waals surface area contributed by atoms with Gasteiger partial charge >= 0.3 is 6.18 Å². The maximum Gasteiger partial charge on any atom is 0.422 e. The lowest BCUT2D eigenvalue weighted by molar-refractivity contribution is -0.991. The summed E-state index contributed by atoms with van der Waals surface area (Å²) in [5, 5.41) is 25.9. The van der Waals surface area contributed by atoms with E-state index >= 15 is 0 Å². The third kappa shape index (κ3) is 2.13. The van der Waals surface area contributed by atoms with Gasteiger partial charge in [0, 0.05) is 6.07 Å². The highest BCUT2D eigenvalue weighted by Crippen LogP contribution is 2.35. The van der Waals surface area contributed by atoms with E-state index in [4.69, 9.17) is 10.3 Å². The van der Waals surface area contributed by atoms with Gasteiger partial charge in [0.2, 0.25) is 0 Å². The molecule has 78 valence electrons. The lowest BCUT2D eigenvalue weighted by Crippen LogP contribution is -2.99. The van der Waals surface area contributed by atoms with Crippen molar-refractivity contribution in [1.82, 2.24) is 0 Å². The zero-order chi connectivity index (χ0) is 10.9. The normalized spacial score (nSPS) is 14.1. The first-order valence-corrected chi connectivity index (χ1v) is 3.46. The van der Waals surface area contributed by atoms with Crippen LogP contribution in [0.25, 0.3) is 0 Å². The molecule has 0 aromatic heterocycles. The van der Waals surface area contributed by atoms with Gasteiger partial charge in [0.25, 0.3) is 0 Å². The fourth-order valence-corrected chi connectivity index (χ4v) is 0.953. The summed E-state index contributed by atoms with van der Waals surface area (Å²) in [5.74, 6) is -0.623. The third-order valence-corrected chi connectivity index (χ3v) is 1.54. The van der Waals surface area contributed by atoms with E-state index in [9.17, 15) is 18.4 Å². The number of halogens is 3. The fourth-order valence-electron chi connectivity index (χ4n) is 0.953. The third-order valence-electron chi connectivity index (χ3n) is 1.54. The highest BCUT2D eigenvalue weighted by molar-refractivity contribution is 5.45. The second-order valence-corrected chi connectivity index (χ2v) is 2.53. The van der Waals surface area contributed by atoms with E-state index in [1.165, 1.54) is 0 Å². The molecule has 7 heteroatoms. The minimum Gasteiger partial charge on any atom is -0.595 e. The summed E-state index contributed by atoms with van der Waals surface area (Å²) in [6.07, 6.45) is -4.79. The second-order valence-electron chi connectivity index (χ2n) is 2.53. The van der Waals surface area contributed by atoms with Gasteiger partial charge in [-0.25, -0.2) is 5.21 Å². The fraction of sp³-hybridized carbons (Fsp3) is 0.143. The summed E-state index contributed by atoms with van der Waals surface area (Å²) < 4.78 is 36.6. The minimum atomic E-state index is -4.79. The molecule has 1 unspecified atom stereocenters. The number of nitrogens with one attached hydrogen (secondary N) is 1. The predicted octanol–water partition coefficient (Wildman–Crippen LogP) is 0.814. The smallest absolute Gasteiger partial charge is 0.422 e. The van der Waals surface area contributed by atoms with Crippen LogP contribution < -0.4 is 5.23 Å². The van der Waals surface area contributed by atoms with E-state index in [1.54, 1.807) is 0 Å². The predicted molar refractivity (Wildman–Crippen MR) is 38.9 cm³/mol. The quantitative estimate of drug-likeness (QED) is 0.473. The average Bonchev–Trinajstić information content (AvgIpc) is 2.01. The van der Waals surface area contributed by atoms with Crippen molar-refractivity contribution >= 4 is 5.69 Å². The van der Waals surface area contributed by atoms with Crippen LogP contribution in [0.3, 0.4) is 0 Å². The Labute approximate surface area is 76.3 Å². The van der Waals surface area contributed by atoms with E-state index in [0.29, 0.717) is 12.1 Å². The molecule has 0 radical (unpaired) electrons. The van der Waals surface area contributed by atoms with E-state index in [2.05, 4.69) is 0 Å². The summed E-state index contributed by atoms with van der Waals surface area (Å²) in [5.41, 5.74) is -2.24. The highest BCUT2D eigenvalue weighted by atomic mass is 19.4. The molecule has 0 aliphatic rings. The monoisotopic (exact) mass is 209 g/mol. The number of hydrogen-bond donors (Lipinski definition) is 3. The molecule has 0 spiro atoms. The first-order chi connectivity index (χ1) is 6.32. The molecule has 0 fully saturated rings. The van der Waals surface area contributed by atoms with Crippen molar-refractivity contribution in [1.29, 1.82) is 0 Å². The van der Waals surface area contributed by atoms with E-state index < -0.39 is 28.4 Å². The Hall–Kier alpha value is -1.31. The van der Waals surface area contributed by atoms with Crippen molar-refractivity contribution in [2.24, 2.45) is 0 Å². The Balaban J connectivity index is 3.30. The number of hydrogen-bond acceptors (Lipinski definition) is 3. The Kier molecular flexibility index (Phi) is 2.65. The van der Waals surface area contributed by atoms with Gasteiger partial charge in [-0.15, -0.1) is 0 Å². The van der Waals surface area contributed by atoms with Gasteiger partial charge in [0.05, 0.1) is 0 Å². The molecule has 0 saturated carbocycles. The van der Waals surface area contributed by atoms with Crippen molar-refractivity contribution in [2.45, 2.75) is 6.18 Å². The van der Waals surface area contributed by atoms with Gasteiger partial charge in [-0.2, -0.15) is 18.4 Å². The highest BCUT2D eigenvalue weighted by Gasteiger charge is 2.36. The molecule has 4 nitrogen and oxygen atoms in total. The number of phenols is 1. The summed E-state index contributed by atoms with van der Waals surface area (Å²) in [4.78, 5) is 0. The molecule has 1 atom stereocenters. The van der Waals surface area contributed by atoms with Crippen LogP contribution >= 0.6 is 0 Å². The molecule has 1 aromatic rings. The SMILES string of the molecule is [O-][NH+](O)c1ccc(O)cc1C(F)(F)F. The molecule has 14 heavy (non-hydrogen) atoms. The second kappa shape index (κ2) is 3.45. The number of aromatic hydroxyl groups is 1. The van der Waals surface area contributed by atoms with Gasteiger partial charge in [0.15, 0.2) is 5.69 Å². The van der Waals surface area contributed by atoms with Gasteiger partial charge in [-0.3, -0.25) is 0 Å². The first-order valence-electron chi connectivity index (χ1n) is 3.46. The molecule has 0 heterocycles. The maximum atomic E-state index is 12.2. The van der Waals surface area contributed by atoms with Crippen LogP contribution in [0.15, 0.2) is 18.2 Å². The lowest BCUT2D eigenvalue weighted by Gasteiger charge is -2.17.